The Bertz CT molecular complexity index is 3390. The van der Waals surface area contributed by atoms with Crippen molar-refractivity contribution >= 4 is 60.7 Å². The van der Waals surface area contributed by atoms with Gasteiger partial charge in [0.25, 0.3) is 0 Å². The zero-order chi connectivity index (χ0) is 40.0. The van der Waals surface area contributed by atoms with Crippen LogP contribution < -0.4 is 4.90 Å². The summed E-state index contributed by atoms with van der Waals surface area (Å²) in [5.74, 6) is 0. The van der Waals surface area contributed by atoms with Crippen LogP contribution in [0.25, 0.3) is 77.2 Å². The quantitative estimate of drug-likeness (QED) is 0.164. The average Bonchev–Trinajstić information content (AvgIpc) is 3.89. The molecule has 3 heteroatoms. The molecule has 0 bridgehead atoms. The molecule has 3 nitrogen and oxygen atoms in total. The fourth-order valence-electron chi connectivity index (χ4n) is 10.0. The standard InChI is InChI=1S/C57H41N3/c1-57(2)51-24-14-12-22-45(51)47-36-50-48-34-39(38-26-29-43(30-27-38)58(40-16-6-3-7-17-40)41-18-8-4-9-19-41)28-32-54(48)60(56(50)37-52(47)57)44-31-33-55-49(35-44)46-23-13-15-25-53(46)59(55)42-20-10-5-11-21-42/h3-37H,1-2H3. The molecule has 0 aliphatic heterocycles. The Kier molecular flexibility index (Phi) is 7.58. The molecule has 0 radical (unpaired) electrons. The van der Waals surface area contributed by atoms with Crippen LogP contribution in [-0.4, -0.2) is 9.13 Å². The van der Waals surface area contributed by atoms with Gasteiger partial charge in [-0.05, 0) is 130 Å². The Hall–Kier alpha value is -7.62. The van der Waals surface area contributed by atoms with Crippen LogP contribution in [0.2, 0.25) is 0 Å². The number of hydrogen-bond donors (Lipinski definition) is 0. The van der Waals surface area contributed by atoms with Crippen molar-refractivity contribution in [2.75, 3.05) is 4.90 Å². The molecule has 0 amide bonds. The Morgan fingerprint density at radius 1 is 0.333 bits per heavy atom. The molecule has 12 rings (SSSR count). The van der Waals surface area contributed by atoms with Gasteiger partial charge in [0, 0.05) is 55.4 Å². The molecule has 0 spiro atoms. The summed E-state index contributed by atoms with van der Waals surface area (Å²) in [6.45, 7) is 4.75. The highest BCUT2D eigenvalue weighted by Crippen LogP contribution is 2.51. The summed E-state index contributed by atoms with van der Waals surface area (Å²) in [6, 6.07) is 77.7. The van der Waals surface area contributed by atoms with Crippen molar-refractivity contribution in [3.63, 3.8) is 0 Å². The second kappa shape index (κ2) is 13.2. The summed E-state index contributed by atoms with van der Waals surface area (Å²) in [4.78, 5) is 2.31. The lowest BCUT2D eigenvalue weighted by atomic mass is 9.82. The lowest BCUT2D eigenvalue weighted by Gasteiger charge is -2.25. The molecule has 1 aliphatic carbocycles. The summed E-state index contributed by atoms with van der Waals surface area (Å²) < 4.78 is 4.89. The second-order valence-electron chi connectivity index (χ2n) is 16.6. The van der Waals surface area contributed by atoms with Gasteiger partial charge in [-0.25, -0.2) is 0 Å². The number of fused-ring (bicyclic) bond motifs is 9. The predicted octanol–water partition coefficient (Wildman–Crippen LogP) is 15.3. The third kappa shape index (κ3) is 5.15. The number of hydrogen-bond acceptors (Lipinski definition) is 1. The molecule has 2 aromatic heterocycles. The van der Waals surface area contributed by atoms with Gasteiger partial charge in [0.05, 0.1) is 22.1 Å². The maximum absolute atomic E-state index is 2.50. The van der Waals surface area contributed by atoms with Gasteiger partial charge >= 0.3 is 0 Å². The van der Waals surface area contributed by atoms with E-state index in [4.69, 9.17) is 0 Å². The van der Waals surface area contributed by atoms with Crippen molar-refractivity contribution in [3.05, 3.63) is 223 Å². The maximum Gasteiger partial charge on any atom is 0.0544 e. The summed E-state index contributed by atoms with van der Waals surface area (Å²) in [6.07, 6.45) is 0. The van der Waals surface area contributed by atoms with Crippen molar-refractivity contribution in [1.82, 2.24) is 9.13 Å². The Morgan fingerprint density at radius 3 is 1.60 bits per heavy atom. The molecule has 0 N–H and O–H groups in total. The molecular formula is C57H41N3. The molecule has 2 heterocycles. The molecule has 0 saturated heterocycles. The smallest absolute Gasteiger partial charge is 0.0544 e. The lowest BCUT2D eigenvalue weighted by molar-refractivity contribution is 0.661. The Balaban J connectivity index is 1.06. The van der Waals surface area contributed by atoms with Gasteiger partial charge in [-0.2, -0.15) is 0 Å². The number of para-hydroxylation sites is 4. The minimum Gasteiger partial charge on any atom is -0.311 e. The number of anilines is 3. The van der Waals surface area contributed by atoms with Crippen LogP contribution in [0.1, 0.15) is 25.0 Å². The number of benzene rings is 9. The van der Waals surface area contributed by atoms with Crippen LogP contribution in [0.3, 0.4) is 0 Å². The monoisotopic (exact) mass is 767 g/mol. The summed E-state index contributed by atoms with van der Waals surface area (Å²) in [5, 5.41) is 5.01. The van der Waals surface area contributed by atoms with E-state index < -0.39 is 0 Å². The van der Waals surface area contributed by atoms with E-state index in [9.17, 15) is 0 Å². The third-order valence-corrected chi connectivity index (χ3v) is 12.9. The van der Waals surface area contributed by atoms with Gasteiger partial charge in [0.2, 0.25) is 0 Å². The number of nitrogens with zero attached hydrogens (tertiary/aromatic N) is 3. The normalized spacial score (nSPS) is 13.0. The molecular weight excluding hydrogens is 727 g/mol. The van der Waals surface area contributed by atoms with Crippen LogP contribution in [-0.2, 0) is 5.41 Å². The summed E-state index contributed by atoms with van der Waals surface area (Å²) in [7, 11) is 0. The van der Waals surface area contributed by atoms with Crippen molar-refractivity contribution in [1.29, 1.82) is 0 Å². The molecule has 0 saturated carbocycles. The van der Waals surface area contributed by atoms with Gasteiger partial charge < -0.3 is 14.0 Å². The molecule has 0 unspecified atom stereocenters. The Labute approximate surface area is 349 Å². The van der Waals surface area contributed by atoms with Gasteiger partial charge in [0.15, 0.2) is 0 Å². The molecule has 11 aromatic rings. The highest BCUT2D eigenvalue weighted by atomic mass is 15.1. The number of aromatic nitrogens is 2. The van der Waals surface area contributed by atoms with Crippen LogP contribution in [0, 0.1) is 0 Å². The zero-order valence-corrected chi connectivity index (χ0v) is 33.5. The number of rotatable bonds is 6. The summed E-state index contributed by atoms with van der Waals surface area (Å²) in [5.41, 5.74) is 18.2. The Morgan fingerprint density at radius 2 is 0.867 bits per heavy atom. The SMILES string of the molecule is CC1(C)c2ccccc2-c2cc3c4cc(-c5ccc(N(c6ccccc6)c6ccccc6)cc5)ccc4n(-c4ccc5c(c4)c4ccccc4n5-c4ccccc4)c3cc21. The largest absolute Gasteiger partial charge is 0.311 e. The molecule has 0 fully saturated rings. The summed E-state index contributed by atoms with van der Waals surface area (Å²) >= 11 is 0. The molecule has 9 aromatic carbocycles. The molecule has 60 heavy (non-hydrogen) atoms. The van der Waals surface area contributed by atoms with Crippen LogP contribution >= 0.6 is 0 Å². The van der Waals surface area contributed by atoms with Crippen molar-refractivity contribution < 1.29 is 0 Å². The topological polar surface area (TPSA) is 13.1 Å². The maximum atomic E-state index is 2.50. The first-order valence-corrected chi connectivity index (χ1v) is 20.9. The van der Waals surface area contributed by atoms with E-state index in [1.165, 1.54) is 82.7 Å². The minimum atomic E-state index is -0.116. The molecule has 0 atom stereocenters. The van der Waals surface area contributed by atoms with E-state index in [1.807, 2.05) is 0 Å². The third-order valence-electron chi connectivity index (χ3n) is 12.9. The van der Waals surface area contributed by atoms with Crippen LogP contribution in [0.15, 0.2) is 212 Å². The van der Waals surface area contributed by atoms with E-state index in [0.29, 0.717) is 0 Å². The van der Waals surface area contributed by atoms with E-state index >= 15 is 0 Å². The van der Waals surface area contributed by atoms with Crippen molar-refractivity contribution in [2.45, 2.75) is 19.3 Å². The van der Waals surface area contributed by atoms with E-state index in [0.717, 1.165) is 22.7 Å². The highest BCUT2D eigenvalue weighted by molar-refractivity contribution is 6.14. The predicted molar refractivity (Wildman–Crippen MR) is 253 cm³/mol. The fourth-order valence-corrected chi connectivity index (χ4v) is 10.0. The second-order valence-corrected chi connectivity index (χ2v) is 16.6. The lowest BCUT2D eigenvalue weighted by Crippen LogP contribution is -2.14. The van der Waals surface area contributed by atoms with E-state index in [-0.39, 0.29) is 5.41 Å². The van der Waals surface area contributed by atoms with Gasteiger partial charge in [-0.1, -0.05) is 129 Å². The first-order valence-electron chi connectivity index (χ1n) is 20.9. The first kappa shape index (κ1) is 34.4. The van der Waals surface area contributed by atoms with E-state index in [2.05, 4.69) is 240 Å². The minimum absolute atomic E-state index is 0.116. The van der Waals surface area contributed by atoms with Crippen molar-refractivity contribution in [3.8, 4) is 33.6 Å². The fraction of sp³-hybridized carbons (Fsp3) is 0.0526. The van der Waals surface area contributed by atoms with Crippen molar-refractivity contribution in [2.24, 2.45) is 0 Å². The molecule has 284 valence electrons. The van der Waals surface area contributed by atoms with Crippen LogP contribution in [0.5, 0.6) is 0 Å². The highest BCUT2D eigenvalue weighted by Gasteiger charge is 2.36. The van der Waals surface area contributed by atoms with Gasteiger partial charge in [-0.15, -0.1) is 0 Å². The van der Waals surface area contributed by atoms with Gasteiger partial charge in [0.1, 0.15) is 0 Å². The molecule has 1 aliphatic rings. The first-order chi connectivity index (χ1) is 29.5. The average molecular weight is 768 g/mol. The van der Waals surface area contributed by atoms with Crippen LogP contribution in [0.4, 0.5) is 17.1 Å². The van der Waals surface area contributed by atoms with Gasteiger partial charge in [-0.3, -0.25) is 0 Å². The zero-order valence-electron chi connectivity index (χ0n) is 33.5. The van der Waals surface area contributed by atoms with E-state index in [1.54, 1.807) is 0 Å².